The van der Waals surface area contributed by atoms with Crippen molar-refractivity contribution in [3.05, 3.63) is 47.0 Å². The van der Waals surface area contributed by atoms with E-state index < -0.39 is 0 Å². The molecule has 2 aliphatic rings. The van der Waals surface area contributed by atoms with Crippen LogP contribution in [0.1, 0.15) is 32.1 Å². The quantitative estimate of drug-likeness (QED) is 0.856. The molecule has 1 atom stereocenters. The van der Waals surface area contributed by atoms with Crippen LogP contribution in [-0.4, -0.2) is 38.2 Å². The molecule has 4 rings (SSSR count). The summed E-state index contributed by atoms with van der Waals surface area (Å²) in [4.78, 5) is 30.9. The van der Waals surface area contributed by atoms with Gasteiger partial charge in [-0.25, -0.2) is 4.68 Å². The molecule has 2 aromatic rings. The van der Waals surface area contributed by atoms with Crippen LogP contribution in [-0.2, 0) is 11.3 Å². The van der Waals surface area contributed by atoms with Gasteiger partial charge in [0.25, 0.3) is 5.56 Å². The SMILES string of the molecule is O=C(C1CCC1)N1CCCC1Cn1nc(-c2cccnc2)ccc1=O. The molecule has 0 bridgehead atoms. The Kier molecular flexibility index (Phi) is 4.34. The van der Waals surface area contributed by atoms with Crippen molar-refractivity contribution in [2.45, 2.75) is 44.7 Å². The number of rotatable bonds is 4. The topological polar surface area (TPSA) is 68.1 Å². The molecule has 1 saturated heterocycles. The summed E-state index contributed by atoms with van der Waals surface area (Å²) >= 11 is 0. The van der Waals surface area contributed by atoms with Crippen LogP contribution in [0.2, 0.25) is 0 Å². The number of pyridine rings is 1. The summed E-state index contributed by atoms with van der Waals surface area (Å²) < 4.78 is 1.50. The number of carbonyl (C=O) groups is 1. The van der Waals surface area contributed by atoms with E-state index in [1.807, 2.05) is 17.0 Å². The lowest BCUT2D eigenvalue weighted by Crippen LogP contribution is -2.44. The van der Waals surface area contributed by atoms with E-state index in [0.29, 0.717) is 6.54 Å². The fraction of sp³-hybridized carbons (Fsp3) is 0.474. The lowest BCUT2D eigenvalue weighted by atomic mass is 9.84. The Morgan fingerprint density at radius 2 is 2.04 bits per heavy atom. The Morgan fingerprint density at radius 1 is 1.16 bits per heavy atom. The Bertz CT molecular complexity index is 814. The third-order valence-electron chi connectivity index (χ3n) is 5.32. The molecule has 6 heteroatoms. The molecule has 1 saturated carbocycles. The predicted octanol–water partition coefficient (Wildman–Crippen LogP) is 2.10. The number of nitrogens with zero attached hydrogens (tertiary/aromatic N) is 4. The second-order valence-corrected chi connectivity index (χ2v) is 6.94. The number of hydrogen-bond acceptors (Lipinski definition) is 4. The Morgan fingerprint density at radius 3 is 2.76 bits per heavy atom. The van der Waals surface area contributed by atoms with E-state index in [1.165, 1.54) is 4.68 Å². The molecular formula is C19H22N4O2. The van der Waals surface area contributed by atoms with E-state index >= 15 is 0 Å². The third-order valence-corrected chi connectivity index (χ3v) is 5.32. The average molecular weight is 338 g/mol. The van der Waals surface area contributed by atoms with Crippen LogP contribution in [0.4, 0.5) is 0 Å². The van der Waals surface area contributed by atoms with Crippen LogP contribution < -0.4 is 5.56 Å². The summed E-state index contributed by atoms with van der Waals surface area (Å²) in [6.45, 7) is 1.27. The highest BCUT2D eigenvalue weighted by Gasteiger charge is 2.35. The van der Waals surface area contributed by atoms with Gasteiger partial charge in [0.2, 0.25) is 5.91 Å². The maximum absolute atomic E-state index is 12.6. The molecule has 1 amide bonds. The molecule has 1 unspecified atom stereocenters. The molecule has 130 valence electrons. The van der Waals surface area contributed by atoms with Gasteiger partial charge in [0, 0.05) is 36.5 Å². The van der Waals surface area contributed by atoms with Gasteiger partial charge in [0.1, 0.15) is 0 Å². The van der Waals surface area contributed by atoms with Crippen molar-refractivity contribution < 1.29 is 4.79 Å². The number of hydrogen-bond donors (Lipinski definition) is 0. The van der Waals surface area contributed by atoms with Gasteiger partial charge >= 0.3 is 0 Å². The Balaban J connectivity index is 1.55. The predicted molar refractivity (Wildman–Crippen MR) is 93.8 cm³/mol. The van der Waals surface area contributed by atoms with Gasteiger partial charge in [-0.1, -0.05) is 6.42 Å². The Hall–Kier alpha value is -2.50. The van der Waals surface area contributed by atoms with E-state index in [2.05, 4.69) is 10.1 Å². The first-order valence-electron chi connectivity index (χ1n) is 9.01. The van der Waals surface area contributed by atoms with Crippen LogP contribution in [0.15, 0.2) is 41.5 Å². The highest BCUT2D eigenvalue weighted by atomic mass is 16.2. The summed E-state index contributed by atoms with van der Waals surface area (Å²) in [5.74, 6) is 0.470. The first kappa shape index (κ1) is 16.0. The highest BCUT2D eigenvalue weighted by Crippen LogP contribution is 2.31. The smallest absolute Gasteiger partial charge is 0.266 e. The van der Waals surface area contributed by atoms with Gasteiger partial charge in [-0.2, -0.15) is 5.10 Å². The van der Waals surface area contributed by atoms with Crippen molar-refractivity contribution in [2.24, 2.45) is 5.92 Å². The zero-order valence-corrected chi connectivity index (χ0v) is 14.2. The Labute approximate surface area is 146 Å². The van der Waals surface area contributed by atoms with Gasteiger partial charge in [-0.15, -0.1) is 0 Å². The molecule has 1 aliphatic heterocycles. The molecule has 25 heavy (non-hydrogen) atoms. The zero-order valence-electron chi connectivity index (χ0n) is 14.2. The number of aromatic nitrogens is 3. The van der Waals surface area contributed by atoms with Gasteiger partial charge in [-0.05, 0) is 43.9 Å². The van der Waals surface area contributed by atoms with E-state index in [9.17, 15) is 9.59 Å². The van der Waals surface area contributed by atoms with Crippen molar-refractivity contribution in [1.82, 2.24) is 19.7 Å². The molecule has 0 aromatic carbocycles. The lowest BCUT2D eigenvalue weighted by Gasteiger charge is -2.32. The van der Waals surface area contributed by atoms with Gasteiger partial charge in [-0.3, -0.25) is 14.6 Å². The van der Waals surface area contributed by atoms with Crippen molar-refractivity contribution in [3.8, 4) is 11.3 Å². The zero-order chi connectivity index (χ0) is 17.2. The maximum atomic E-state index is 12.6. The lowest BCUT2D eigenvalue weighted by molar-refractivity contribution is -0.139. The van der Waals surface area contributed by atoms with Gasteiger partial charge in [0.05, 0.1) is 18.3 Å². The minimum Gasteiger partial charge on any atom is -0.338 e. The minimum atomic E-state index is -0.129. The standard InChI is InChI=1S/C19H22N4O2/c24-18-9-8-17(15-6-2-10-20-12-15)21-23(18)13-16-7-3-11-22(16)19(25)14-4-1-5-14/h2,6,8-10,12,14,16H,1,3-5,7,11,13H2. The average Bonchev–Trinajstić information content (AvgIpc) is 3.04. The molecule has 1 aliphatic carbocycles. The molecule has 0 radical (unpaired) electrons. The summed E-state index contributed by atoms with van der Waals surface area (Å²) in [6.07, 6.45) is 8.56. The van der Waals surface area contributed by atoms with Crippen molar-refractivity contribution >= 4 is 5.91 Å². The summed E-state index contributed by atoms with van der Waals surface area (Å²) in [6, 6.07) is 7.11. The first-order chi connectivity index (χ1) is 12.2. The molecule has 6 nitrogen and oxygen atoms in total. The number of carbonyl (C=O) groups excluding carboxylic acids is 1. The van der Waals surface area contributed by atoms with E-state index in [-0.39, 0.29) is 23.4 Å². The summed E-state index contributed by atoms with van der Waals surface area (Å²) in [5.41, 5.74) is 1.48. The van der Waals surface area contributed by atoms with Crippen LogP contribution in [0.5, 0.6) is 0 Å². The van der Waals surface area contributed by atoms with Crippen LogP contribution in [0.25, 0.3) is 11.3 Å². The molecule has 0 spiro atoms. The summed E-state index contributed by atoms with van der Waals surface area (Å²) in [5, 5.41) is 4.50. The van der Waals surface area contributed by atoms with E-state index in [0.717, 1.165) is 49.9 Å². The molecule has 2 aromatic heterocycles. The normalized spacial score (nSPS) is 20.5. The van der Waals surface area contributed by atoms with Crippen LogP contribution in [0, 0.1) is 5.92 Å². The number of amides is 1. The van der Waals surface area contributed by atoms with E-state index in [4.69, 9.17) is 0 Å². The largest absolute Gasteiger partial charge is 0.338 e. The molecule has 3 heterocycles. The van der Waals surface area contributed by atoms with Crippen molar-refractivity contribution in [2.75, 3.05) is 6.54 Å². The second-order valence-electron chi connectivity index (χ2n) is 6.94. The van der Waals surface area contributed by atoms with Crippen molar-refractivity contribution in [3.63, 3.8) is 0 Å². The molecular weight excluding hydrogens is 316 g/mol. The third kappa shape index (κ3) is 3.21. The molecule has 2 fully saturated rings. The summed E-state index contributed by atoms with van der Waals surface area (Å²) in [7, 11) is 0. The van der Waals surface area contributed by atoms with Crippen LogP contribution >= 0.6 is 0 Å². The van der Waals surface area contributed by atoms with Crippen LogP contribution in [0.3, 0.4) is 0 Å². The second kappa shape index (κ2) is 6.78. The fourth-order valence-electron chi connectivity index (χ4n) is 3.65. The molecule has 0 N–H and O–H groups in total. The van der Waals surface area contributed by atoms with Gasteiger partial charge < -0.3 is 4.90 Å². The minimum absolute atomic E-state index is 0.0717. The van der Waals surface area contributed by atoms with E-state index in [1.54, 1.807) is 24.5 Å². The number of likely N-dealkylation sites (tertiary alicyclic amines) is 1. The van der Waals surface area contributed by atoms with Gasteiger partial charge in [0.15, 0.2) is 0 Å². The first-order valence-corrected chi connectivity index (χ1v) is 9.01. The monoisotopic (exact) mass is 338 g/mol. The van der Waals surface area contributed by atoms with Crippen molar-refractivity contribution in [1.29, 1.82) is 0 Å². The fourth-order valence-corrected chi connectivity index (χ4v) is 3.65. The maximum Gasteiger partial charge on any atom is 0.266 e. The highest BCUT2D eigenvalue weighted by molar-refractivity contribution is 5.80.